The predicted octanol–water partition coefficient (Wildman–Crippen LogP) is 4.59. The molecule has 0 saturated carbocycles. The molecule has 0 unspecified atom stereocenters. The summed E-state index contributed by atoms with van der Waals surface area (Å²) in [5, 5.41) is 14.8. The van der Waals surface area contributed by atoms with Crippen molar-refractivity contribution in [2.24, 2.45) is 5.10 Å². The number of allylic oxidation sites excluding steroid dienone is 1. The second kappa shape index (κ2) is 10.7. The topological polar surface area (TPSA) is 131 Å². The Morgan fingerprint density at radius 3 is 2.33 bits per heavy atom. The molecule has 0 fully saturated rings. The van der Waals surface area contributed by atoms with Gasteiger partial charge in [-0.2, -0.15) is 5.10 Å². The van der Waals surface area contributed by atoms with Crippen molar-refractivity contribution in [3.63, 3.8) is 0 Å². The Bertz CT molecular complexity index is 1320. The molecular formula is C22H17BrN4O5S. The van der Waals surface area contributed by atoms with Crippen molar-refractivity contribution >= 4 is 55.5 Å². The van der Waals surface area contributed by atoms with Gasteiger partial charge >= 0.3 is 0 Å². The van der Waals surface area contributed by atoms with Crippen LogP contribution in [0.25, 0.3) is 6.08 Å². The molecule has 11 heteroatoms. The number of sulfonamides is 1. The van der Waals surface area contributed by atoms with E-state index in [1.807, 2.05) is 0 Å². The fourth-order valence-corrected chi connectivity index (χ4v) is 3.99. The highest BCUT2D eigenvalue weighted by Gasteiger charge is 2.14. The van der Waals surface area contributed by atoms with Gasteiger partial charge in [-0.1, -0.05) is 28.1 Å². The molecule has 33 heavy (non-hydrogen) atoms. The fourth-order valence-electron chi connectivity index (χ4n) is 2.66. The summed E-state index contributed by atoms with van der Waals surface area (Å²) in [5.74, 6) is -0.507. The van der Waals surface area contributed by atoms with Crippen LogP contribution in [0.15, 0.2) is 93.3 Å². The molecule has 0 radical (unpaired) electrons. The molecule has 1 amide bonds. The summed E-state index contributed by atoms with van der Waals surface area (Å²) >= 11 is 3.25. The van der Waals surface area contributed by atoms with Crippen molar-refractivity contribution in [2.75, 3.05) is 4.72 Å². The zero-order valence-electron chi connectivity index (χ0n) is 16.9. The van der Waals surface area contributed by atoms with Crippen molar-refractivity contribution < 1.29 is 18.1 Å². The van der Waals surface area contributed by atoms with Gasteiger partial charge in [0.2, 0.25) is 0 Å². The normalized spacial score (nSPS) is 11.5. The molecule has 0 bridgehead atoms. The first-order valence-corrected chi connectivity index (χ1v) is 11.7. The van der Waals surface area contributed by atoms with E-state index < -0.39 is 20.9 Å². The molecule has 0 aliphatic rings. The maximum atomic E-state index is 12.4. The average molecular weight is 529 g/mol. The van der Waals surface area contributed by atoms with Crippen LogP contribution in [0.4, 0.5) is 11.4 Å². The number of carbonyl (C=O) groups is 1. The Hall–Kier alpha value is -3.83. The quantitative estimate of drug-likeness (QED) is 0.251. The van der Waals surface area contributed by atoms with Gasteiger partial charge in [0.05, 0.1) is 15.4 Å². The standard InChI is InChI=1S/C22H17BrN4O5S/c23-18-9-13-20(14-10-18)33(31,32)26-19-11-7-17(8-12-19)22(28)25-24-15-3-5-16-4-1-2-6-21(16)27(29)30/h1-15,26H,(H,25,28)/b5-3+,24-15+. The van der Waals surface area contributed by atoms with Crippen LogP contribution in [0.5, 0.6) is 0 Å². The lowest BCUT2D eigenvalue weighted by Gasteiger charge is -2.08. The van der Waals surface area contributed by atoms with E-state index in [-0.39, 0.29) is 16.1 Å². The molecule has 0 heterocycles. The van der Waals surface area contributed by atoms with E-state index in [1.165, 1.54) is 60.8 Å². The molecule has 168 valence electrons. The minimum Gasteiger partial charge on any atom is -0.280 e. The van der Waals surface area contributed by atoms with Crippen LogP contribution in [0.2, 0.25) is 0 Å². The Labute approximate surface area is 198 Å². The number of nitro groups is 1. The molecule has 9 nitrogen and oxygen atoms in total. The van der Waals surface area contributed by atoms with Gasteiger partial charge in [-0.15, -0.1) is 0 Å². The largest absolute Gasteiger partial charge is 0.280 e. The van der Waals surface area contributed by atoms with Crippen molar-refractivity contribution in [2.45, 2.75) is 4.90 Å². The number of benzene rings is 3. The summed E-state index contributed by atoms with van der Waals surface area (Å²) in [4.78, 5) is 22.8. The number of nitro benzene ring substituents is 1. The number of rotatable bonds is 8. The Kier molecular flexibility index (Phi) is 7.70. The maximum Gasteiger partial charge on any atom is 0.276 e. The van der Waals surface area contributed by atoms with Gasteiger partial charge in [0.1, 0.15) is 0 Å². The zero-order chi connectivity index (χ0) is 23.8. The third kappa shape index (κ3) is 6.57. The number of nitrogens with one attached hydrogen (secondary N) is 2. The van der Waals surface area contributed by atoms with Gasteiger partial charge in [0, 0.05) is 28.0 Å². The number of hydrogen-bond donors (Lipinski definition) is 2. The van der Waals surface area contributed by atoms with E-state index in [4.69, 9.17) is 0 Å². The lowest BCUT2D eigenvalue weighted by Crippen LogP contribution is -2.17. The van der Waals surface area contributed by atoms with Crippen LogP contribution >= 0.6 is 15.9 Å². The molecule has 3 aromatic carbocycles. The summed E-state index contributed by atoms with van der Waals surface area (Å²) in [6, 6.07) is 18.2. The second-order valence-corrected chi connectivity index (χ2v) is 9.13. The van der Waals surface area contributed by atoms with Crippen LogP contribution in [-0.4, -0.2) is 25.5 Å². The van der Waals surface area contributed by atoms with Gasteiger partial charge in [-0.05, 0) is 66.7 Å². The van der Waals surface area contributed by atoms with E-state index in [0.29, 0.717) is 11.3 Å². The molecular weight excluding hydrogens is 512 g/mol. The van der Waals surface area contributed by atoms with E-state index in [2.05, 4.69) is 31.2 Å². The van der Waals surface area contributed by atoms with Crippen molar-refractivity contribution in [3.8, 4) is 0 Å². The first-order chi connectivity index (χ1) is 15.8. The van der Waals surface area contributed by atoms with Crippen LogP contribution in [0, 0.1) is 10.1 Å². The molecule has 0 aromatic heterocycles. The van der Waals surface area contributed by atoms with Gasteiger partial charge in [-0.3, -0.25) is 19.6 Å². The van der Waals surface area contributed by atoms with Crippen LogP contribution in [0.1, 0.15) is 15.9 Å². The Morgan fingerprint density at radius 1 is 1.00 bits per heavy atom. The SMILES string of the molecule is O=C(N/N=C/C=C/c1ccccc1[N+](=O)[O-])c1ccc(NS(=O)(=O)c2ccc(Br)cc2)cc1. The first-order valence-electron chi connectivity index (χ1n) is 9.38. The average Bonchev–Trinajstić information content (AvgIpc) is 2.79. The molecule has 0 aliphatic heterocycles. The van der Waals surface area contributed by atoms with Crippen molar-refractivity contribution in [1.82, 2.24) is 5.43 Å². The molecule has 2 N–H and O–H groups in total. The third-order valence-corrected chi connectivity index (χ3v) is 6.19. The molecule has 0 aliphatic carbocycles. The summed E-state index contributed by atoms with van der Waals surface area (Å²) in [7, 11) is -3.76. The van der Waals surface area contributed by atoms with Crippen molar-refractivity contribution in [3.05, 3.63) is 105 Å². The van der Waals surface area contributed by atoms with E-state index in [1.54, 1.807) is 30.3 Å². The number of carbonyl (C=O) groups excluding carboxylic acids is 1. The van der Waals surface area contributed by atoms with E-state index >= 15 is 0 Å². The molecule has 0 spiro atoms. The number of halogens is 1. The second-order valence-electron chi connectivity index (χ2n) is 6.53. The van der Waals surface area contributed by atoms with E-state index in [0.717, 1.165) is 4.47 Å². The molecule has 0 atom stereocenters. The minimum atomic E-state index is -3.76. The van der Waals surface area contributed by atoms with Gasteiger partial charge in [-0.25, -0.2) is 13.8 Å². The first kappa shape index (κ1) is 23.8. The highest BCUT2D eigenvalue weighted by Crippen LogP contribution is 2.20. The van der Waals surface area contributed by atoms with Gasteiger partial charge in [0.15, 0.2) is 0 Å². The molecule has 3 rings (SSSR count). The monoisotopic (exact) mass is 528 g/mol. The summed E-state index contributed by atoms with van der Waals surface area (Å²) in [6.45, 7) is 0. The summed E-state index contributed by atoms with van der Waals surface area (Å²) in [5.41, 5.74) is 3.25. The highest BCUT2D eigenvalue weighted by molar-refractivity contribution is 9.10. The van der Waals surface area contributed by atoms with Crippen LogP contribution in [-0.2, 0) is 10.0 Å². The Morgan fingerprint density at radius 2 is 1.67 bits per heavy atom. The smallest absolute Gasteiger partial charge is 0.276 e. The maximum absolute atomic E-state index is 12.4. The highest BCUT2D eigenvalue weighted by atomic mass is 79.9. The lowest BCUT2D eigenvalue weighted by atomic mass is 10.1. The summed E-state index contributed by atoms with van der Waals surface area (Å²) in [6.07, 6.45) is 4.25. The number of nitrogens with zero attached hydrogens (tertiary/aromatic N) is 2. The Balaban J connectivity index is 1.58. The fraction of sp³-hybridized carbons (Fsp3) is 0. The number of amides is 1. The number of anilines is 1. The van der Waals surface area contributed by atoms with Crippen molar-refractivity contribution in [1.29, 1.82) is 0 Å². The summed E-state index contributed by atoms with van der Waals surface area (Å²) < 4.78 is 28.1. The number of para-hydroxylation sites is 1. The third-order valence-electron chi connectivity index (χ3n) is 4.26. The predicted molar refractivity (Wildman–Crippen MR) is 129 cm³/mol. The van der Waals surface area contributed by atoms with Gasteiger partial charge < -0.3 is 0 Å². The zero-order valence-corrected chi connectivity index (χ0v) is 19.3. The van der Waals surface area contributed by atoms with Crippen LogP contribution in [0.3, 0.4) is 0 Å². The van der Waals surface area contributed by atoms with E-state index in [9.17, 15) is 23.3 Å². The van der Waals surface area contributed by atoms with Crippen LogP contribution < -0.4 is 10.1 Å². The number of hydrogen-bond acceptors (Lipinski definition) is 6. The minimum absolute atomic E-state index is 0.0398. The molecule has 0 saturated heterocycles. The lowest BCUT2D eigenvalue weighted by molar-refractivity contribution is -0.385. The molecule has 3 aromatic rings. The number of hydrazone groups is 1. The van der Waals surface area contributed by atoms with Gasteiger partial charge in [0.25, 0.3) is 21.6 Å².